The van der Waals surface area contributed by atoms with Crippen LogP contribution in [0.4, 0.5) is 11.4 Å². The number of fused-ring (bicyclic) bond motifs is 1. The fourth-order valence-electron chi connectivity index (χ4n) is 3.59. The van der Waals surface area contributed by atoms with Gasteiger partial charge in [-0.3, -0.25) is 14.6 Å². The molecule has 3 aromatic carbocycles. The zero-order valence-electron chi connectivity index (χ0n) is 16.7. The lowest BCUT2D eigenvalue weighted by molar-refractivity contribution is -0.142. The predicted octanol–water partition coefficient (Wildman–Crippen LogP) is 4.65. The summed E-state index contributed by atoms with van der Waals surface area (Å²) in [5.74, 6) is -0.821. The number of esters is 1. The molecule has 4 rings (SSSR count). The molecule has 5 heteroatoms. The Balaban J connectivity index is 1.70. The Morgan fingerprint density at radius 1 is 0.967 bits per heavy atom. The van der Waals surface area contributed by atoms with E-state index in [9.17, 15) is 9.59 Å². The number of hydrogen-bond donors (Lipinski definition) is 1. The van der Waals surface area contributed by atoms with E-state index >= 15 is 0 Å². The molecule has 1 heterocycles. The third-order valence-corrected chi connectivity index (χ3v) is 4.97. The highest BCUT2D eigenvalue weighted by Gasteiger charge is 2.35. The number of para-hydroxylation sites is 1. The molecule has 1 aliphatic rings. The number of nitrogens with one attached hydrogen (secondary N) is 1. The van der Waals surface area contributed by atoms with Gasteiger partial charge in [-0.2, -0.15) is 0 Å². The highest BCUT2D eigenvalue weighted by Crippen LogP contribution is 2.36. The number of hydrogen-bond acceptors (Lipinski definition) is 4. The summed E-state index contributed by atoms with van der Waals surface area (Å²) in [4.78, 5) is 29.4. The number of carbonyl (C=O) groups excluding carboxylic acids is 2. The van der Waals surface area contributed by atoms with Gasteiger partial charge in [-0.15, -0.1) is 0 Å². The van der Waals surface area contributed by atoms with Crippen molar-refractivity contribution in [2.75, 3.05) is 11.9 Å². The van der Waals surface area contributed by atoms with Crippen LogP contribution in [0.15, 0.2) is 83.9 Å². The Kier molecular flexibility index (Phi) is 5.70. The summed E-state index contributed by atoms with van der Waals surface area (Å²) in [6.07, 6.45) is 0.224. The second kappa shape index (κ2) is 8.74. The van der Waals surface area contributed by atoms with Crippen molar-refractivity contribution in [1.82, 2.24) is 0 Å². The van der Waals surface area contributed by atoms with Crippen molar-refractivity contribution in [3.05, 3.63) is 95.6 Å². The molecule has 150 valence electrons. The van der Waals surface area contributed by atoms with Crippen LogP contribution in [0.1, 0.15) is 29.5 Å². The maximum atomic E-state index is 12.8. The van der Waals surface area contributed by atoms with Gasteiger partial charge in [0.2, 0.25) is 5.91 Å². The summed E-state index contributed by atoms with van der Waals surface area (Å²) in [6, 6.07) is 24.9. The number of nitrogens with zero attached hydrogens (tertiary/aromatic N) is 1. The van der Waals surface area contributed by atoms with E-state index in [-0.39, 0.29) is 18.3 Å². The maximum absolute atomic E-state index is 12.8. The third kappa shape index (κ3) is 4.15. The van der Waals surface area contributed by atoms with Crippen molar-refractivity contribution in [3.8, 4) is 0 Å². The molecule has 0 fully saturated rings. The van der Waals surface area contributed by atoms with Crippen molar-refractivity contribution in [2.24, 2.45) is 4.99 Å². The number of rotatable bonds is 6. The molecule has 0 aliphatic carbocycles. The summed E-state index contributed by atoms with van der Waals surface area (Å²) >= 11 is 0. The second-order valence-electron chi connectivity index (χ2n) is 7.02. The molecule has 0 saturated heterocycles. The van der Waals surface area contributed by atoms with Gasteiger partial charge in [0.1, 0.15) is 5.92 Å². The van der Waals surface area contributed by atoms with Crippen LogP contribution < -0.4 is 5.32 Å². The Labute approximate surface area is 175 Å². The van der Waals surface area contributed by atoms with Gasteiger partial charge in [0.05, 0.1) is 24.4 Å². The first kappa shape index (κ1) is 19.6. The molecule has 0 bridgehead atoms. The average Bonchev–Trinajstić information content (AvgIpc) is 3.09. The van der Waals surface area contributed by atoms with E-state index in [0.29, 0.717) is 12.3 Å². The van der Waals surface area contributed by atoms with Crippen LogP contribution in [0.25, 0.3) is 0 Å². The summed E-state index contributed by atoms with van der Waals surface area (Å²) < 4.78 is 5.00. The van der Waals surface area contributed by atoms with E-state index in [4.69, 9.17) is 9.73 Å². The highest BCUT2D eigenvalue weighted by atomic mass is 16.5. The largest absolute Gasteiger partial charge is 0.466 e. The Hall–Kier alpha value is -3.73. The van der Waals surface area contributed by atoms with Gasteiger partial charge in [-0.05, 0) is 41.8 Å². The second-order valence-corrected chi connectivity index (χ2v) is 7.02. The van der Waals surface area contributed by atoms with E-state index < -0.39 is 5.92 Å². The molecule has 0 spiro atoms. The molecule has 1 amide bonds. The lowest BCUT2D eigenvalue weighted by atomic mass is 9.90. The molecule has 1 aliphatic heterocycles. The van der Waals surface area contributed by atoms with Crippen LogP contribution in [0, 0.1) is 0 Å². The van der Waals surface area contributed by atoms with Crippen molar-refractivity contribution in [3.63, 3.8) is 0 Å². The first-order valence-electron chi connectivity index (χ1n) is 9.94. The Morgan fingerprint density at radius 3 is 2.40 bits per heavy atom. The fraction of sp³-hybridized carbons (Fsp3) is 0.160. The number of anilines is 1. The molecule has 5 nitrogen and oxygen atoms in total. The standard InChI is InChI=1S/C25H22N2O3/c1-2-30-22(28)16-17-12-14-19(15-13-17)26-24(18-8-4-3-5-9-18)23-20-10-6-7-11-21(20)27-25(23)29/h3-15,23H,2,16H2,1H3,(H,27,29). The topological polar surface area (TPSA) is 67.8 Å². The highest BCUT2D eigenvalue weighted by molar-refractivity contribution is 6.24. The van der Waals surface area contributed by atoms with Gasteiger partial charge in [0.15, 0.2) is 0 Å². The predicted molar refractivity (Wildman–Crippen MR) is 117 cm³/mol. The first-order valence-corrected chi connectivity index (χ1v) is 9.94. The Bertz CT molecular complexity index is 1090. The fourth-order valence-corrected chi connectivity index (χ4v) is 3.59. The molecule has 30 heavy (non-hydrogen) atoms. The number of aliphatic imine (C=N–C) groups is 1. The van der Waals surface area contributed by atoms with Gasteiger partial charge < -0.3 is 10.1 Å². The number of ether oxygens (including phenoxy) is 1. The van der Waals surface area contributed by atoms with Crippen LogP contribution in [-0.2, 0) is 20.7 Å². The zero-order valence-corrected chi connectivity index (χ0v) is 16.7. The minimum absolute atomic E-state index is 0.0854. The van der Waals surface area contributed by atoms with E-state index in [0.717, 1.165) is 28.1 Å². The minimum Gasteiger partial charge on any atom is -0.466 e. The summed E-state index contributed by atoms with van der Waals surface area (Å²) in [5.41, 5.74) is 4.90. The maximum Gasteiger partial charge on any atom is 0.310 e. The van der Waals surface area contributed by atoms with E-state index in [2.05, 4.69) is 5.32 Å². The monoisotopic (exact) mass is 398 g/mol. The van der Waals surface area contributed by atoms with Gasteiger partial charge in [0, 0.05) is 5.69 Å². The van der Waals surface area contributed by atoms with Crippen LogP contribution in [0.2, 0.25) is 0 Å². The van der Waals surface area contributed by atoms with Crippen molar-refractivity contribution in [2.45, 2.75) is 19.3 Å². The molecule has 1 unspecified atom stereocenters. The summed E-state index contributed by atoms with van der Waals surface area (Å²) in [6.45, 7) is 2.16. The normalized spacial score (nSPS) is 15.4. The molecule has 1 N–H and O–H groups in total. The van der Waals surface area contributed by atoms with Crippen molar-refractivity contribution < 1.29 is 14.3 Å². The lowest BCUT2D eigenvalue weighted by Gasteiger charge is -2.14. The average molecular weight is 398 g/mol. The van der Waals surface area contributed by atoms with Crippen molar-refractivity contribution in [1.29, 1.82) is 0 Å². The van der Waals surface area contributed by atoms with E-state index in [1.165, 1.54) is 0 Å². The van der Waals surface area contributed by atoms with Gasteiger partial charge in [-0.25, -0.2) is 0 Å². The molecular formula is C25H22N2O3. The van der Waals surface area contributed by atoms with Crippen LogP contribution in [-0.4, -0.2) is 24.2 Å². The smallest absolute Gasteiger partial charge is 0.310 e. The van der Waals surface area contributed by atoms with E-state index in [1.54, 1.807) is 6.92 Å². The molecule has 0 saturated carbocycles. The summed E-state index contributed by atoms with van der Waals surface area (Å²) in [5, 5.41) is 2.95. The van der Waals surface area contributed by atoms with Gasteiger partial charge >= 0.3 is 5.97 Å². The number of amides is 1. The van der Waals surface area contributed by atoms with Crippen molar-refractivity contribution >= 4 is 29.0 Å². The molecule has 0 aromatic heterocycles. The Morgan fingerprint density at radius 2 is 1.67 bits per heavy atom. The van der Waals surface area contributed by atoms with E-state index in [1.807, 2.05) is 78.9 Å². The molecular weight excluding hydrogens is 376 g/mol. The van der Waals surface area contributed by atoms with Crippen LogP contribution in [0.3, 0.4) is 0 Å². The van der Waals surface area contributed by atoms with Crippen LogP contribution >= 0.6 is 0 Å². The van der Waals surface area contributed by atoms with Gasteiger partial charge in [0.25, 0.3) is 0 Å². The first-order chi connectivity index (χ1) is 14.7. The molecule has 1 atom stereocenters. The molecule has 3 aromatic rings. The lowest BCUT2D eigenvalue weighted by Crippen LogP contribution is -2.21. The number of carbonyl (C=O) groups is 2. The summed E-state index contributed by atoms with van der Waals surface area (Å²) in [7, 11) is 0. The third-order valence-electron chi connectivity index (χ3n) is 4.97. The molecule has 0 radical (unpaired) electrons. The van der Waals surface area contributed by atoms with Crippen LogP contribution in [0.5, 0.6) is 0 Å². The number of benzene rings is 3. The SMILES string of the molecule is CCOC(=O)Cc1ccc(N=C(c2ccccc2)C2C(=O)Nc3ccccc32)cc1. The quantitative estimate of drug-likeness (QED) is 0.485. The zero-order chi connectivity index (χ0) is 20.9. The minimum atomic E-state index is -0.484. The van der Waals surface area contributed by atoms with Gasteiger partial charge in [-0.1, -0.05) is 60.7 Å².